The highest BCUT2D eigenvalue weighted by atomic mass is 79.9. The maximum Gasteiger partial charge on any atom is 0.283 e. The van der Waals surface area contributed by atoms with Gasteiger partial charge in [-0.3, -0.25) is 4.79 Å². The van der Waals surface area contributed by atoms with Crippen molar-refractivity contribution in [3.05, 3.63) is 21.0 Å². The molecule has 0 atom stereocenters. The topological polar surface area (TPSA) is 46.9 Å². The number of nitrogens with zero attached hydrogens (tertiary/aromatic N) is 2. The molecule has 0 bridgehead atoms. The highest BCUT2D eigenvalue weighted by molar-refractivity contribution is 9.10. The van der Waals surface area contributed by atoms with Crippen molar-refractivity contribution in [1.29, 1.82) is 0 Å². The smallest absolute Gasteiger partial charge is 0.283 e. The number of nitrogens with one attached hydrogen (secondary N) is 1. The standard InChI is InChI=1S/C14H22BrN3O/c1-3-18-14(19)13(15)12(9-17-18)16-8-11-6-4-10(2)5-7-11/h9-11,16H,3-8H2,1-2H3. The van der Waals surface area contributed by atoms with E-state index in [0.29, 0.717) is 11.0 Å². The minimum Gasteiger partial charge on any atom is -0.382 e. The van der Waals surface area contributed by atoms with Gasteiger partial charge in [0.25, 0.3) is 5.56 Å². The number of halogens is 1. The molecule has 0 aromatic carbocycles. The lowest BCUT2D eigenvalue weighted by Gasteiger charge is -2.26. The molecule has 1 aromatic heterocycles. The van der Waals surface area contributed by atoms with Crippen LogP contribution in [0.1, 0.15) is 39.5 Å². The van der Waals surface area contributed by atoms with Crippen molar-refractivity contribution in [2.45, 2.75) is 46.1 Å². The van der Waals surface area contributed by atoms with Crippen molar-refractivity contribution in [1.82, 2.24) is 9.78 Å². The first-order valence-electron chi connectivity index (χ1n) is 7.11. The minimum absolute atomic E-state index is 0.0650. The maximum atomic E-state index is 11.9. The molecule has 1 N–H and O–H groups in total. The van der Waals surface area contributed by atoms with E-state index in [0.717, 1.165) is 24.1 Å². The Morgan fingerprint density at radius 1 is 1.42 bits per heavy atom. The van der Waals surface area contributed by atoms with Crippen LogP contribution in [0.4, 0.5) is 5.69 Å². The second-order valence-electron chi connectivity index (χ2n) is 5.50. The summed E-state index contributed by atoms with van der Waals surface area (Å²) in [5, 5.41) is 7.51. The number of anilines is 1. The number of aromatic nitrogens is 2. The highest BCUT2D eigenvalue weighted by Gasteiger charge is 2.18. The van der Waals surface area contributed by atoms with E-state index < -0.39 is 0 Å². The van der Waals surface area contributed by atoms with Gasteiger partial charge in [-0.2, -0.15) is 5.10 Å². The fourth-order valence-electron chi connectivity index (χ4n) is 2.60. The lowest BCUT2D eigenvalue weighted by Crippen LogP contribution is -2.25. The molecule has 0 spiro atoms. The molecular weight excluding hydrogens is 306 g/mol. The Morgan fingerprint density at radius 2 is 2.11 bits per heavy atom. The maximum absolute atomic E-state index is 11.9. The summed E-state index contributed by atoms with van der Waals surface area (Å²) < 4.78 is 2.05. The van der Waals surface area contributed by atoms with Crippen LogP contribution in [0.3, 0.4) is 0 Å². The molecule has 0 amide bonds. The van der Waals surface area contributed by atoms with Gasteiger partial charge in [-0.05, 0) is 47.5 Å². The van der Waals surface area contributed by atoms with Gasteiger partial charge < -0.3 is 5.32 Å². The van der Waals surface area contributed by atoms with Gasteiger partial charge in [0.15, 0.2) is 0 Å². The van der Waals surface area contributed by atoms with Gasteiger partial charge in [0.1, 0.15) is 4.47 Å². The zero-order valence-electron chi connectivity index (χ0n) is 11.7. The Bertz CT molecular complexity index is 478. The predicted molar refractivity (Wildman–Crippen MR) is 81.5 cm³/mol. The Balaban J connectivity index is 1.96. The number of rotatable bonds is 4. The quantitative estimate of drug-likeness (QED) is 0.923. The van der Waals surface area contributed by atoms with Crippen LogP contribution in [0.2, 0.25) is 0 Å². The monoisotopic (exact) mass is 327 g/mol. The second kappa shape index (κ2) is 6.55. The third-order valence-corrected chi connectivity index (χ3v) is 4.77. The van der Waals surface area contributed by atoms with Crippen LogP contribution in [-0.4, -0.2) is 16.3 Å². The van der Waals surface area contributed by atoms with Crippen LogP contribution in [0.25, 0.3) is 0 Å². The van der Waals surface area contributed by atoms with Crippen molar-refractivity contribution in [3.63, 3.8) is 0 Å². The number of aryl methyl sites for hydroxylation is 1. The molecule has 0 aliphatic heterocycles. The molecular formula is C14H22BrN3O. The van der Waals surface area contributed by atoms with Gasteiger partial charge in [-0.25, -0.2) is 4.68 Å². The Morgan fingerprint density at radius 3 is 2.74 bits per heavy atom. The zero-order chi connectivity index (χ0) is 13.8. The first-order chi connectivity index (χ1) is 9.11. The van der Waals surface area contributed by atoms with Crippen LogP contribution in [0, 0.1) is 11.8 Å². The van der Waals surface area contributed by atoms with Gasteiger partial charge in [0.05, 0.1) is 11.9 Å². The van der Waals surface area contributed by atoms with Gasteiger partial charge in [0.2, 0.25) is 0 Å². The summed E-state index contributed by atoms with van der Waals surface area (Å²) >= 11 is 3.37. The molecule has 19 heavy (non-hydrogen) atoms. The Labute approximate surface area is 122 Å². The molecule has 1 aromatic rings. The van der Waals surface area contributed by atoms with Crippen molar-refractivity contribution in [2.75, 3.05) is 11.9 Å². The summed E-state index contributed by atoms with van der Waals surface area (Å²) in [5.41, 5.74) is 0.748. The summed E-state index contributed by atoms with van der Waals surface area (Å²) in [7, 11) is 0. The number of hydrogen-bond donors (Lipinski definition) is 1. The molecule has 1 heterocycles. The predicted octanol–water partition coefficient (Wildman–Crippen LogP) is 3.26. The van der Waals surface area contributed by atoms with E-state index in [1.807, 2.05) is 6.92 Å². The fourth-order valence-corrected chi connectivity index (χ4v) is 3.05. The first-order valence-corrected chi connectivity index (χ1v) is 7.90. The van der Waals surface area contributed by atoms with Crippen molar-refractivity contribution in [3.8, 4) is 0 Å². The van der Waals surface area contributed by atoms with Crippen molar-refractivity contribution < 1.29 is 0 Å². The SMILES string of the molecule is CCn1ncc(NCC2CCC(C)CC2)c(Br)c1=O. The lowest BCUT2D eigenvalue weighted by molar-refractivity contribution is 0.300. The molecule has 1 aliphatic carbocycles. The van der Waals surface area contributed by atoms with Crippen molar-refractivity contribution in [2.24, 2.45) is 11.8 Å². The Kier molecular flexibility index (Phi) is 5.02. The molecule has 0 radical (unpaired) electrons. The normalized spacial score (nSPS) is 23.3. The molecule has 4 nitrogen and oxygen atoms in total. The third-order valence-electron chi connectivity index (χ3n) is 4.00. The summed E-state index contributed by atoms with van der Waals surface area (Å²) in [6.45, 7) is 5.77. The van der Waals surface area contributed by atoms with E-state index in [-0.39, 0.29) is 5.56 Å². The van der Waals surface area contributed by atoms with E-state index in [2.05, 4.69) is 33.3 Å². The minimum atomic E-state index is -0.0650. The van der Waals surface area contributed by atoms with E-state index in [4.69, 9.17) is 0 Å². The molecule has 1 fully saturated rings. The summed E-state index contributed by atoms with van der Waals surface area (Å²) in [4.78, 5) is 11.9. The van der Waals surface area contributed by atoms with Crippen LogP contribution in [0.5, 0.6) is 0 Å². The molecule has 1 saturated carbocycles. The average molecular weight is 328 g/mol. The first kappa shape index (κ1) is 14.6. The molecule has 5 heteroatoms. The van der Waals surface area contributed by atoms with Crippen LogP contribution < -0.4 is 10.9 Å². The molecule has 2 rings (SSSR count). The van der Waals surface area contributed by atoms with Gasteiger partial charge in [-0.15, -0.1) is 0 Å². The average Bonchev–Trinajstić information content (AvgIpc) is 2.42. The molecule has 0 unspecified atom stereocenters. The van der Waals surface area contributed by atoms with E-state index in [9.17, 15) is 4.79 Å². The lowest BCUT2D eigenvalue weighted by atomic mass is 9.83. The number of hydrogen-bond acceptors (Lipinski definition) is 3. The van der Waals surface area contributed by atoms with Crippen LogP contribution in [-0.2, 0) is 6.54 Å². The van der Waals surface area contributed by atoms with Crippen LogP contribution >= 0.6 is 15.9 Å². The van der Waals surface area contributed by atoms with Crippen molar-refractivity contribution >= 4 is 21.6 Å². The molecule has 106 valence electrons. The zero-order valence-corrected chi connectivity index (χ0v) is 13.2. The fraction of sp³-hybridized carbons (Fsp3) is 0.714. The largest absolute Gasteiger partial charge is 0.382 e. The summed E-state index contributed by atoms with van der Waals surface area (Å²) in [6, 6.07) is 0. The molecule has 1 aliphatic rings. The summed E-state index contributed by atoms with van der Waals surface area (Å²) in [5.74, 6) is 1.59. The van der Waals surface area contributed by atoms with E-state index in [1.54, 1.807) is 6.20 Å². The highest BCUT2D eigenvalue weighted by Crippen LogP contribution is 2.28. The Hall–Kier alpha value is -0.840. The van der Waals surface area contributed by atoms with E-state index in [1.165, 1.54) is 30.4 Å². The van der Waals surface area contributed by atoms with E-state index >= 15 is 0 Å². The third kappa shape index (κ3) is 3.59. The van der Waals surface area contributed by atoms with Gasteiger partial charge >= 0.3 is 0 Å². The van der Waals surface area contributed by atoms with Gasteiger partial charge in [0, 0.05) is 13.1 Å². The second-order valence-corrected chi connectivity index (χ2v) is 6.29. The summed E-state index contributed by atoms with van der Waals surface area (Å²) in [6.07, 6.45) is 6.95. The van der Waals surface area contributed by atoms with Gasteiger partial charge in [-0.1, -0.05) is 19.8 Å². The van der Waals surface area contributed by atoms with Crippen LogP contribution in [0.15, 0.2) is 15.5 Å². The molecule has 0 saturated heterocycles.